The number of hydrogen-bond acceptors (Lipinski definition) is 3. The average molecular weight is 369 g/mol. The van der Waals surface area contributed by atoms with E-state index in [1.54, 1.807) is 6.07 Å². The van der Waals surface area contributed by atoms with Crippen molar-refractivity contribution >= 4 is 28.6 Å². The highest BCUT2D eigenvalue weighted by molar-refractivity contribution is 8.02. The number of carbonyl (C=O) groups is 1. The summed E-state index contributed by atoms with van der Waals surface area (Å²) in [7, 11) is 0. The maximum Gasteiger partial charge on any atom is 0.261 e. The lowest BCUT2D eigenvalue weighted by Crippen LogP contribution is -2.41. The molecule has 4 nitrogen and oxygen atoms in total. The molecule has 2 aliphatic carbocycles. The lowest BCUT2D eigenvalue weighted by atomic mass is 9.51. The van der Waals surface area contributed by atoms with Gasteiger partial charge in [-0.3, -0.25) is 9.59 Å². The molecule has 2 aromatic rings. The molecular weight excluding hydrogens is 344 g/mol. The summed E-state index contributed by atoms with van der Waals surface area (Å²) in [6, 6.07) is 7.71. The first-order chi connectivity index (χ1) is 12.6. The second kappa shape index (κ2) is 6.95. The first-order valence-electron chi connectivity index (χ1n) is 9.30. The van der Waals surface area contributed by atoms with Gasteiger partial charge >= 0.3 is 0 Å². The molecule has 136 valence electrons. The van der Waals surface area contributed by atoms with Gasteiger partial charge in [-0.2, -0.15) is 0 Å². The van der Waals surface area contributed by atoms with Crippen LogP contribution in [0.1, 0.15) is 60.4 Å². The summed E-state index contributed by atoms with van der Waals surface area (Å²) in [4.78, 5) is 25.8. The number of pyridine rings is 1. The van der Waals surface area contributed by atoms with Crippen LogP contribution in [0.3, 0.4) is 0 Å². The summed E-state index contributed by atoms with van der Waals surface area (Å²) in [5.41, 5.74) is 7.55. The Labute approximate surface area is 157 Å². The summed E-state index contributed by atoms with van der Waals surface area (Å²) in [5.74, 6) is 1.24. The summed E-state index contributed by atoms with van der Waals surface area (Å²) in [6.45, 7) is 0. The first kappa shape index (κ1) is 17.4. The van der Waals surface area contributed by atoms with Gasteiger partial charge in [0.1, 0.15) is 5.56 Å². The lowest BCUT2D eigenvalue weighted by molar-refractivity contribution is 0.00904. The molecule has 0 unspecified atom stereocenters. The Hall–Kier alpha value is -2.01. The van der Waals surface area contributed by atoms with Gasteiger partial charge in [0.05, 0.1) is 0 Å². The second-order valence-electron chi connectivity index (χ2n) is 7.71. The molecule has 1 spiro atoms. The quantitative estimate of drug-likeness (QED) is 0.829. The summed E-state index contributed by atoms with van der Waals surface area (Å²) in [6.07, 6.45) is 10.2. The van der Waals surface area contributed by atoms with Gasteiger partial charge < -0.3 is 10.7 Å². The molecule has 2 heterocycles. The van der Waals surface area contributed by atoms with Crippen LogP contribution in [0.5, 0.6) is 0 Å². The molecule has 26 heavy (non-hydrogen) atoms. The molecule has 1 aromatic carbocycles. The van der Waals surface area contributed by atoms with Gasteiger partial charge in [0.2, 0.25) is 0 Å². The van der Waals surface area contributed by atoms with Gasteiger partial charge in [0.25, 0.3) is 11.5 Å². The molecule has 5 rings (SSSR count). The smallest absolute Gasteiger partial charge is 0.261 e. The number of nitrogens with two attached hydrogens (primary N) is 1. The number of H-pyrrole nitrogens is 1. The van der Waals surface area contributed by atoms with E-state index in [9.17, 15) is 9.59 Å². The zero-order valence-corrected chi connectivity index (χ0v) is 15.6. The van der Waals surface area contributed by atoms with Crippen LogP contribution < -0.4 is 11.3 Å². The largest absolute Gasteiger partial charge is 0.365 e. The van der Waals surface area contributed by atoms with Crippen LogP contribution in [-0.2, 0) is 0 Å². The van der Waals surface area contributed by atoms with Gasteiger partial charge in [-0.1, -0.05) is 24.6 Å². The molecule has 1 amide bonds. The Bertz CT molecular complexity index is 913. The van der Waals surface area contributed by atoms with Gasteiger partial charge in [-0.25, -0.2) is 0 Å². The van der Waals surface area contributed by atoms with E-state index in [1.807, 2.05) is 17.8 Å². The van der Waals surface area contributed by atoms with Crippen molar-refractivity contribution in [2.75, 3.05) is 5.75 Å². The molecule has 0 saturated heterocycles. The fourth-order valence-corrected chi connectivity index (χ4v) is 4.98. The van der Waals surface area contributed by atoms with E-state index in [0.717, 1.165) is 10.9 Å². The maximum absolute atomic E-state index is 11.8. The fourth-order valence-electron chi connectivity index (χ4n) is 4.30. The third-order valence-electron chi connectivity index (χ3n) is 5.97. The maximum atomic E-state index is 11.8. The number of fused-ring (bicyclic) bond motifs is 1. The van der Waals surface area contributed by atoms with Crippen molar-refractivity contribution in [2.45, 2.75) is 44.4 Å². The average Bonchev–Trinajstić information content (AvgIpc) is 3.10. The van der Waals surface area contributed by atoms with Crippen molar-refractivity contribution in [3.8, 4) is 0 Å². The van der Waals surface area contributed by atoms with Crippen molar-refractivity contribution in [2.24, 2.45) is 11.1 Å². The van der Waals surface area contributed by atoms with Crippen molar-refractivity contribution in [1.82, 2.24) is 4.98 Å². The molecule has 5 heteroatoms. The third-order valence-corrected chi connectivity index (χ3v) is 6.83. The first-order valence-corrected chi connectivity index (χ1v) is 10.3. The van der Waals surface area contributed by atoms with Gasteiger partial charge in [0, 0.05) is 11.3 Å². The second-order valence-corrected chi connectivity index (χ2v) is 8.73. The molecule has 0 atom stereocenters. The number of allylic oxidation sites excluding steroid dienone is 1. The molecule has 0 radical (unpaired) electrons. The van der Waals surface area contributed by atoms with Crippen LogP contribution in [0, 0.1) is 5.41 Å². The van der Waals surface area contributed by atoms with Crippen molar-refractivity contribution < 1.29 is 4.79 Å². The zero-order valence-electron chi connectivity index (χ0n) is 14.8. The number of benzene rings is 1. The molecule has 0 bridgehead atoms. The van der Waals surface area contributed by atoms with Crippen molar-refractivity contribution in [3.63, 3.8) is 0 Å². The minimum atomic E-state index is -0.687. The summed E-state index contributed by atoms with van der Waals surface area (Å²) < 4.78 is 0. The molecule has 1 aliphatic heterocycles. The van der Waals surface area contributed by atoms with Crippen LogP contribution >= 0.6 is 11.8 Å². The molecule has 3 N–H and O–H groups in total. The van der Waals surface area contributed by atoms with E-state index in [1.165, 1.54) is 49.8 Å². The number of rotatable bonds is 2. The van der Waals surface area contributed by atoms with Crippen LogP contribution in [0.2, 0.25) is 0 Å². The number of aromatic amines is 1. The molecular formula is C21H24N2O2S. The standard InChI is InChI=1S/C17H18N2O2.C4H6S/c18-15(20)13-6-11-3-2-10(7-14(11)19-16(13)21)12-8-17(9-12)4-1-5-17;1-2-4-5-3-1/h2-3,6-7,12H,1,4-5,8-9H2,(H2,18,20)(H,19,21);1,3H,2,4H2. The Balaban J connectivity index is 0.000000292. The van der Waals surface area contributed by atoms with Gasteiger partial charge in [0.15, 0.2) is 0 Å². The van der Waals surface area contributed by atoms with Crippen LogP contribution in [-0.4, -0.2) is 16.6 Å². The van der Waals surface area contributed by atoms with E-state index in [2.05, 4.69) is 28.6 Å². The van der Waals surface area contributed by atoms with Crippen LogP contribution in [0.25, 0.3) is 10.9 Å². The van der Waals surface area contributed by atoms with E-state index in [0.29, 0.717) is 11.3 Å². The lowest BCUT2D eigenvalue weighted by Gasteiger charge is -2.54. The number of amides is 1. The fraction of sp³-hybridized carbons (Fsp3) is 0.429. The Morgan fingerprint density at radius 1 is 1.23 bits per heavy atom. The summed E-state index contributed by atoms with van der Waals surface area (Å²) >= 11 is 1.89. The highest BCUT2D eigenvalue weighted by Gasteiger charge is 2.48. The van der Waals surface area contributed by atoms with Gasteiger partial charge in [-0.15, -0.1) is 11.8 Å². The number of carbonyl (C=O) groups excluding carboxylic acids is 1. The van der Waals surface area contributed by atoms with E-state index >= 15 is 0 Å². The number of primary amides is 1. The highest BCUT2D eigenvalue weighted by atomic mass is 32.2. The van der Waals surface area contributed by atoms with E-state index in [4.69, 9.17) is 5.73 Å². The van der Waals surface area contributed by atoms with Crippen LogP contribution in [0.15, 0.2) is 40.5 Å². The Kier molecular flexibility index (Phi) is 4.65. The normalized spacial score (nSPS) is 20.3. The van der Waals surface area contributed by atoms with E-state index < -0.39 is 11.5 Å². The number of nitrogens with one attached hydrogen (secondary N) is 1. The van der Waals surface area contributed by atoms with Crippen molar-refractivity contribution in [3.05, 3.63) is 57.2 Å². The number of hydrogen-bond donors (Lipinski definition) is 2. The van der Waals surface area contributed by atoms with Crippen LogP contribution in [0.4, 0.5) is 0 Å². The Morgan fingerprint density at radius 3 is 2.58 bits per heavy atom. The third kappa shape index (κ3) is 3.32. The predicted molar refractivity (Wildman–Crippen MR) is 108 cm³/mol. The minimum absolute atomic E-state index is 0.0207. The topological polar surface area (TPSA) is 76.0 Å². The monoisotopic (exact) mass is 368 g/mol. The predicted octanol–water partition coefficient (Wildman–Crippen LogP) is 4.31. The zero-order chi connectivity index (χ0) is 18.1. The Morgan fingerprint density at radius 2 is 2.04 bits per heavy atom. The van der Waals surface area contributed by atoms with Crippen molar-refractivity contribution in [1.29, 1.82) is 0 Å². The molecule has 1 aromatic heterocycles. The SMILES string of the molecule is C1=CSCC1.NC(=O)c1cc2ccc(C3CC4(CCC4)C3)cc2[nH]c1=O. The molecule has 3 aliphatic rings. The minimum Gasteiger partial charge on any atom is -0.365 e. The summed E-state index contributed by atoms with van der Waals surface area (Å²) in [5, 5.41) is 3.00. The van der Waals surface area contributed by atoms with E-state index in [-0.39, 0.29) is 5.56 Å². The number of thioether (sulfide) groups is 1. The van der Waals surface area contributed by atoms with Gasteiger partial charge in [-0.05, 0) is 71.9 Å². The molecule has 2 fully saturated rings. The highest BCUT2D eigenvalue weighted by Crippen LogP contribution is 2.61. The molecule has 2 saturated carbocycles. The number of aromatic nitrogens is 1.